The van der Waals surface area contributed by atoms with Gasteiger partial charge in [0, 0.05) is 18.7 Å². The van der Waals surface area contributed by atoms with Crippen LogP contribution < -0.4 is 5.32 Å². The lowest BCUT2D eigenvalue weighted by Gasteiger charge is -2.36. The zero-order valence-electron chi connectivity index (χ0n) is 10.9. The average Bonchev–Trinajstić information content (AvgIpc) is 2.26. The topological polar surface area (TPSA) is 47.0 Å². The van der Waals surface area contributed by atoms with Crippen LogP contribution in [-0.2, 0) is 4.74 Å². The molecule has 0 spiro atoms. The Labute approximate surface area is 117 Å². The molecule has 1 N–H and O–H groups in total. The second-order valence-electron chi connectivity index (χ2n) is 5.00. The van der Waals surface area contributed by atoms with Crippen LogP contribution in [0.2, 0.25) is 5.15 Å². The summed E-state index contributed by atoms with van der Waals surface area (Å²) in [4.78, 5) is 8.54. The van der Waals surface area contributed by atoms with E-state index >= 15 is 0 Å². The van der Waals surface area contributed by atoms with Gasteiger partial charge in [-0.15, -0.1) is 0 Å². The highest BCUT2D eigenvalue weighted by molar-refractivity contribution is 7.98. The van der Waals surface area contributed by atoms with E-state index in [9.17, 15) is 0 Å². The molecule has 4 nitrogen and oxygen atoms in total. The fourth-order valence-corrected chi connectivity index (χ4v) is 2.74. The van der Waals surface area contributed by atoms with Crippen molar-refractivity contribution in [2.75, 3.05) is 18.2 Å². The van der Waals surface area contributed by atoms with Gasteiger partial charge in [0.25, 0.3) is 0 Å². The quantitative estimate of drug-likeness (QED) is 0.525. The van der Waals surface area contributed by atoms with Crippen molar-refractivity contribution in [2.45, 2.75) is 43.5 Å². The van der Waals surface area contributed by atoms with Crippen LogP contribution in [0.5, 0.6) is 0 Å². The van der Waals surface area contributed by atoms with Crippen LogP contribution in [0.3, 0.4) is 0 Å². The van der Waals surface area contributed by atoms with Gasteiger partial charge in [0.05, 0.1) is 5.60 Å². The molecule has 0 saturated carbocycles. The second-order valence-corrected chi connectivity index (χ2v) is 6.17. The van der Waals surface area contributed by atoms with Crippen molar-refractivity contribution in [2.24, 2.45) is 0 Å². The molecular formula is C12H18ClN3OS. The zero-order valence-corrected chi connectivity index (χ0v) is 12.4. The van der Waals surface area contributed by atoms with Gasteiger partial charge in [-0.05, 0) is 32.9 Å². The Hall–Kier alpha value is -0.520. The second kappa shape index (κ2) is 5.63. The van der Waals surface area contributed by atoms with Crippen LogP contribution in [0.4, 0.5) is 5.82 Å². The molecule has 100 valence electrons. The van der Waals surface area contributed by atoms with E-state index in [1.54, 1.807) is 6.07 Å². The smallest absolute Gasteiger partial charge is 0.190 e. The van der Waals surface area contributed by atoms with Gasteiger partial charge >= 0.3 is 0 Å². The van der Waals surface area contributed by atoms with Gasteiger partial charge in [0.1, 0.15) is 11.0 Å². The third-order valence-electron chi connectivity index (χ3n) is 2.91. The lowest BCUT2D eigenvalue weighted by molar-refractivity contribution is -0.0553. The van der Waals surface area contributed by atoms with Gasteiger partial charge < -0.3 is 10.1 Å². The van der Waals surface area contributed by atoms with Crippen molar-refractivity contribution in [3.8, 4) is 0 Å². The molecule has 1 atom stereocenters. The van der Waals surface area contributed by atoms with Crippen LogP contribution in [0, 0.1) is 0 Å². The van der Waals surface area contributed by atoms with E-state index in [4.69, 9.17) is 16.3 Å². The number of hydrogen-bond donors (Lipinski definition) is 1. The SMILES string of the molecule is CSc1nc(Cl)cc(NC2CCOC(C)(C)C2)n1. The summed E-state index contributed by atoms with van der Waals surface area (Å²) in [5.74, 6) is 0.794. The highest BCUT2D eigenvalue weighted by atomic mass is 35.5. The number of ether oxygens (including phenoxy) is 1. The van der Waals surface area contributed by atoms with Crippen LogP contribution in [0.25, 0.3) is 0 Å². The first kappa shape index (κ1) is 13.9. The molecule has 0 radical (unpaired) electrons. The summed E-state index contributed by atoms with van der Waals surface area (Å²) < 4.78 is 5.70. The number of thioether (sulfide) groups is 1. The van der Waals surface area contributed by atoms with E-state index in [0.717, 1.165) is 25.3 Å². The van der Waals surface area contributed by atoms with Crippen molar-refractivity contribution >= 4 is 29.2 Å². The summed E-state index contributed by atoms with van der Waals surface area (Å²) in [6, 6.07) is 2.14. The minimum atomic E-state index is -0.0743. The van der Waals surface area contributed by atoms with Gasteiger partial charge in [-0.3, -0.25) is 0 Å². The maximum Gasteiger partial charge on any atom is 0.190 e. The fourth-order valence-electron chi connectivity index (χ4n) is 2.13. The standard InChI is InChI=1S/C12H18ClN3OS/c1-12(2)7-8(4-5-17-12)14-10-6-9(13)15-11(16-10)18-3/h6,8H,4-5,7H2,1-3H3,(H,14,15,16). The van der Waals surface area contributed by atoms with Crippen molar-refractivity contribution in [1.82, 2.24) is 9.97 Å². The lowest BCUT2D eigenvalue weighted by atomic mass is 9.94. The molecular weight excluding hydrogens is 270 g/mol. The third-order valence-corrected chi connectivity index (χ3v) is 3.65. The normalized spacial score (nSPS) is 22.8. The van der Waals surface area contributed by atoms with E-state index < -0.39 is 0 Å². The highest BCUT2D eigenvalue weighted by Gasteiger charge is 2.28. The molecule has 1 saturated heterocycles. The zero-order chi connectivity index (χ0) is 13.2. The Balaban J connectivity index is 2.07. The van der Waals surface area contributed by atoms with E-state index in [1.165, 1.54) is 11.8 Å². The predicted octanol–water partition coefficient (Wildman–Crippen LogP) is 3.22. The predicted molar refractivity (Wildman–Crippen MR) is 75.5 cm³/mol. The van der Waals surface area contributed by atoms with Crippen molar-refractivity contribution < 1.29 is 4.74 Å². The highest BCUT2D eigenvalue weighted by Crippen LogP contribution is 2.26. The first-order valence-corrected chi connectivity index (χ1v) is 7.58. The van der Waals surface area contributed by atoms with Crippen LogP contribution >= 0.6 is 23.4 Å². The van der Waals surface area contributed by atoms with E-state index in [-0.39, 0.29) is 5.60 Å². The van der Waals surface area contributed by atoms with E-state index in [0.29, 0.717) is 16.4 Å². The largest absolute Gasteiger partial charge is 0.375 e. The lowest BCUT2D eigenvalue weighted by Crippen LogP contribution is -2.40. The Morgan fingerprint density at radius 1 is 1.50 bits per heavy atom. The summed E-state index contributed by atoms with van der Waals surface area (Å²) in [7, 11) is 0. The maximum absolute atomic E-state index is 5.97. The third kappa shape index (κ3) is 3.73. The van der Waals surface area contributed by atoms with E-state index in [2.05, 4.69) is 29.1 Å². The number of aromatic nitrogens is 2. The summed E-state index contributed by atoms with van der Waals surface area (Å²) >= 11 is 7.46. The molecule has 1 unspecified atom stereocenters. The number of halogens is 1. The molecule has 2 heterocycles. The van der Waals surface area contributed by atoms with Crippen molar-refractivity contribution in [3.05, 3.63) is 11.2 Å². The summed E-state index contributed by atoms with van der Waals surface area (Å²) in [6.07, 6.45) is 3.88. The van der Waals surface area contributed by atoms with Crippen molar-refractivity contribution in [1.29, 1.82) is 0 Å². The van der Waals surface area contributed by atoms with Crippen LogP contribution in [0.15, 0.2) is 11.2 Å². The number of nitrogens with zero attached hydrogens (tertiary/aromatic N) is 2. The van der Waals surface area contributed by atoms with Crippen LogP contribution in [0.1, 0.15) is 26.7 Å². The molecule has 1 aliphatic rings. The molecule has 1 aliphatic heterocycles. The number of nitrogens with one attached hydrogen (secondary N) is 1. The van der Waals surface area contributed by atoms with Crippen molar-refractivity contribution in [3.63, 3.8) is 0 Å². The Bertz CT molecular complexity index is 428. The maximum atomic E-state index is 5.97. The molecule has 1 fully saturated rings. The molecule has 18 heavy (non-hydrogen) atoms. The average molecular weight is 288 g/mol. The van der Waals surface area contributed by atoms with Gasteiger partial charge in [0.2, 0.25) is 0 Å². The first-order chi connectivity index (χ1) is 8.48. The molecule has 0 aromatic carbocycles. The molecule has 1 aromatic rings. The number of anilines is 1. The number of hydrogen-bond acceptors (Lipinski definition) is 5. The Kier molecular flexibility index (Phi) is 4.35. The minimum absolute atomic E-state index is 0.0743. The Morgan fingerprint density at radius 3 is 2.94 bits per heavy atom. The molecule has 0 amide bonds. The molecule has 1 aromatic heterocycles. The van der Waals surface area contributed by atoms with Gasteiger partial charge in [-0.1, -0.05) is 23.4 Å². The summed E-state index contributed by atoms with van der Waals surface area (Å²) in [5, 5.41) is 4.59. The van der Waals surface area contributed by atoms with Gasteiger partial charge in [-0.25, -0.2) is 9.97 Å². The van der Waals surface area contributed by atoms with Crippen LogP contribution in [-0.4, -0.2) is 34.5 Å². The Morgan fingerprint density at radius 2 is 2.28 bits per heavy atom. The van der Waals surface area contributed by atoms with Gasteiger partial charge in [0.15, 0.2) is 5.16 Å². The van der Waals surface area contributed by atoms with E-state index in [1.807, 2.05) is 6.26 Å². The summed E-state index contributed by atoms with van der Waals surface area (Å²) in [5.41, 5.74) is -0.0743. The summed E-state index contributed by atoms with van der Waals surface area (Å²) in [6.45, 7) is 5.00. The molecule has 0 bridgehead atoms. The monoisotopic (exact) mass is 287 g/mol. The molecule has 2 rings (SSSR count). The van der Waals surface area contributed by atoms with Gasteiger partial charge in [-0.2, -0.15) is 0 Å². The molecule has 6 heteroatoms. The fraction of sp³-hybridized carbons (Fsp3) is 0.667. The molecule has 0 aliphatic carbocycles. The first-order valence-electron chi connectivity index (χ1n) is 5.97. The minimum Gasteiger partial charge on any atom is -0.375 e. The number of rotatable bonds is 3.